The standard InChI is InChI=1S/C13H16BrNO3/c1-18-11-3-2-10(14)6-9(11)7-13(12(16)17)4-5-15-8-13/h2-3,6,15H,4-5,7-8H2,1H3,(H,16,17). The van der Waals surface area contributed by atoms with Gasteiger partial charge in [-0.2, -0.15) is 0 Å². The lowest BCUT2D eigenvalue weighted by Crippen LogP contribution is -2.35. The molecule has 2 rings (SSSR count). The van der Waals surface area contributed by atoms with Crippen molar-refractivity contribution in [1.29, 1.82) is 0 Å². The van der Waals surface area contributed by atoms with E-state index in [0.29, 0.717) is 19.4 Å². The smallest absolute Gasteiger partial charge is 0.311 e. The predicted octanol–water partition coefficient (Wildman–Crippen LogP) is 2.06. The molecule has 0 aromatic heterocycles. The normalized spacial score (nSPS) is 23.0. The highest BCUT2D eigenvalue weighted by Gasteiger charge is 2.41. The highest BCUT2D eigenvalue weighted by atomic mass is 79.9. The zero-order valence-corrected chi connectivity index (χ0v) is 11.8. The Morgan fingerprint density at radius 2 is 2.39 bits per heavy atom. The molecule has 1 saturated heterocycles. The van der Waals surface area contributed by atoms with Gasteiger partial charge in [0.15, 0.2) is 0 Å². The van der Waals surface area contributed by atoms with Gasteiger partial charge in [0.05, 0.1) is 12.5 Å². The number of hydrogen-bond acceptors (Lipinski definition) is 3. The summed E-state index contributed by atoms with van der Waals surface area (Å²) >= 11 is 3.41. The molecule has 1 atom stereocenters. The Labute approximate surface area is 114 Å². The van der Waals surface area contributed by atoms with Gasteiger partial charge < -0.3 is 15.2 Å². The number of methoxy groups -OCH3 is 1. The van der Waals surface area contributed by atoms with Gasteiger partial charge in [0, 0.05) is 11.0 Å². The maximum absolute atomic E-state index is 11.5. The Kier molecular flexibility index (Phi) is 3.92. The Hall–Kier alpha value is -1.07. The van der Waals surface area contributed by atoms with Gasteiger partial charge >= 0.3 is 5.97 Å². The predicted molar refractivity (Wildman–Crippen MR) is 72.0 cm³/mol. The van der Waals surface area contributed by atoms with Gasteiger partial charge in [0.25, 0.3) is 0 Å². The van der Waals surface area contributed by atoms with Crippen molar-refractivity contribution in [3.8, 4) is 5.75 Å². The fourth-order valence-corrected chi connectivity index (χ4v) is 2.81. The number of hydrogen-bond donors (Lipinski definition) is 2. The average Bonchev–Trinajstić information content (AvgIpc) is 2.79. The third-order valence-corrected chi connectivity index (χ3v) is 3.96. The molecule has 1 aromatic rings. The number of rotatable bonds is 4. The SMILES string of the molecule is COc1ccc(Br)cc1CC1(C(=O)O)CCNC1. The lowest BCUT2D eigenvalue weighted by Gasteiger charge is -2.24. The first-order valence-corrected chi connectivity index (χ1v) is 6.63. The van der Waals surface area contributed by atoms with Gasteiger partial charge in [-0.05, 0) is 43.1 Å². The van der Waals surface area contributed by atoms with Crippen LogP contribution in [-0.4, -0.2) is 31.3 Å². The molecule has 4 nitrogen and oxygen atoms in total. The minimum atomic E-state index is -0.741. The second-order valence-electron chi connectivity index (χ2n) is 4.65. The van der Waals surface area contributed by atoms with Gasteiger partial charge in [-0.1, -0.05) is 15.9 Å². The van der Waals surface area contributed by atoms with Gasteiger partial charge in [-0.15, -0.1) is 0 Å². The highest BCUT2D eigenvalue weighted by molar-refractivity contribution is 9.10. The molecule has 5 heteroatoms. The number of carbonyl (C=O) groups is 1. The van der Waals surface area contributed by atoms with Crippen molar-refractivity contribution in [2.75, 3.05) is 20.2 Å². The highest BCUT2D eigenvalue weighted by Crippen LogP contribution is 2.34. The third-order valence-electron chi connectivity index (χ3n) is 3.47. The van der Waals surface area contributed by atoms with Gasteiger partial charge in [0.2, 0.25) is 0 Å². The molecule has 0 amide bonds. The van der Waals surface area contributed by atoms with E-state index in [1.807, 2.05) is 18.2 Å². The number of ether oxygens (including phenoxy) is 1. The van der Waals surface area contributed by atoms with Crippen molar-refractivity contribution in [2.45, 2.75) is 12.8 Å². The first-order chi connectivity index (χ1) is 8.57. The van der Waals surface area contributed by atoms with E-state index in [0.717, 1.165) is 22.3 Å². The van der Waals surface area contributed by atoms with Crippen LogP contribution >= 0.6 is 15.9 Å². The lowest BCUT2D eigenvalue weighted by atomic mass is 9.80. The van der Waals surface area contributed by atoms with Crippen LogP contribution in [0.4, 0.5) is 0 Å². The molecule has 1 aliphatic heterocycles. The van der Waals surface area contributed by atoms with Crippen molar-refractivity contribution in [3.05, 3.63) is 28.2 Å². The molecule has 1 fully saturated rings. The second kappa shape index (κ2) is 5.28. The summed E-state index contributed by atoms with van der Waals surface area (Å²) < 4.78 is 6.24. The number of benzene rings is 1. The molecule has 1 aliphatic rings. The minimum absolute atomic E-state index is 0.484. The van der Waals surface area contributed by atoms with E-state index in [1.54, 1.807) is 7.11 Å². The number of nitrogens with one attached hydrogen (secondary N) is 1. The van der Waals surface area contributed by atoms with Gasteiger partial charge in [0.1, 0.15) is 5.75 Å². The first kappa shape index (κ1) is 13.4. The Morgan fingerprint density at radius 1 is 1.61 bits per heavy atom. The summed E-state index contributed by atoms with van der Waals surface area (Å²) in [5, 5.41) is 12.6. The fourth-order valence-electron chi connectivity index (χ4n) is 2.40. The summed E-state index contributed by atoms with van der Waals surface area (Å²) in [5.74, 6) is 0.000235. The van der Waals surface area contributed by atoms with Crippen LogP contribution < -0.4 is 10.1 Å². The molecule has 18 heavy (non-hydrogen) atoms. The van der Waals surface area contributed by atoms with Crippen LogP contribution in [0.25, 0.3) is 0 Å². The molecule has 1 heterocycles. The molecular formula is C13H16BrNO3. The average molecular weight is 314 g/mol. The maximum Gasteiger partial charge on any atom is 0.311 e. The van der Waals surface area contributed by atoms with Crippen LogP contribution in [0.1, 0.15) is 12.0 Å². The number of carboxylic acids is 1. The topological polar surface area (TPSA) is 58.6 Å². The van der Waals surface area contributed by atoms with Crippen molar-refractivity contribution >= 4 is 21.9 Å². The van der Waals surface area contributed by atoms with Crippen LogP contribution in [-0.2, 0) is 11.2 Å². The van der Waals surface area contributed by atoms with Crippen molar-refractivity contribution in [3.63, 3.8) is 0 Å². The molecule has 1 unspecified atom stereocenters. The van der Waals surface area contributed by atoms with Crippen molar-refractivity contribution < 1.29 is 14.6 Å². The Balaban J connectivity index is 2.32. The van der Waals surface area contributed by atoms with E-state index in [1.165, 1.54) is 0 Å². The van der Waals surface area contributed by atoms with Gasteiger partial charge in [-0.25, -0.2) is 0 Å². The summed E-state index contributed by atoms with van der Waals surface area (Å²) in [6, 6.07) is 5.68. The third kappa shape index (κ3) is 2.52. The van der Waals surface area contributed by atoms with Crippen LogP contribution in [0, 0.1) is 5.41 Å². The lowest BCUT2D eigenvalue weighted by molar-refractivity contribution is -0.147. The van der Waals surface area contributed by atoms with Crippen molar-refractivity contribution in [2.24, 2.45) is 5.41 Å². The molecule has 0 bridgehead atoms. The molecule has 98 valence electrons. The summed E-state index contributed by atoms with van der Waals surface area (Å²) in [7, 11) is 1.60. The van der Waals surface area contributed by atoms with Crippen molar-refractivity contribution in [1.82, 2.24) is 5.32 Å². The molecule has 0 aliphatic carbocycles. The number of carboxylic acid groups (broad SMARTS) is 1. The Bertz CT molecular complexity index is 456. The van der Waals surface area contributed by atoms with Crippen LogP contribution in [0.2, 0.25) is 0 Å². The summed E-state index contributed by atoms with van der Waals surface area (Å²) in [4.78, 5) is 11.5. The number of aliphatic carboxylic acids is 1. The second-order valence-corrected chi connectivity index (χ2v) is 5.56. The van der Waals surface area contributed by atoms with E-state index in [-0.39, 0.29) is 0 Å². The van der Waals surface area contributed by atoms with E-state index >= 15 is 0 Å². The molecule has 2 N–H and O–H groups in total. The maximum atomic E-state index is 11.5. The van der Waals surface area contributed by atoms with E-state index in [9.17, 15) is 9.90 Å². The van der Waals surface area contributed by atoms with Crippen LogP contribution in [0.3, 0.4) is 0 Å². The zero-order chi connectivity index (χ0) is 13.2. The first-order valence-electron chi connectivity index (χ1n) is 5.84. The molecule has 0 radical (unpaired) electrons. The summed E-state index contributed by atoms with van der Waals surface area (Å²) in [5.41, 5.74) is 0.214. The molecule has 0 saturated carbocycles. The molecule has 0 spiro atoms. The molecule has 1 aromatic carbocycles. The van der Waals surface area contributed by atoms with Gasteiger partial charge in [-0.3, -0.25) is 4.79 Å². The fraction of sp³-hybridized carbons (Fsp3) is 0.462. The van der Waals surface area contributed by atoms with E-state index in [2.05, 4.69) is 21.2 Å². The Morgan fingerprint density at radius 3 is 2.94 bits per heavy atom. The monoisotopic (exact) mass is 313 g/mol. The minimum Gasteiger partial charge on any atom is -0.496 e. The molecular weight excluding hydrogens is 298 g/mol. The summed E-state index contributed by atoms with van der Waals surface area (Å²) in [6.07, 6.45) is 1.13. The van der Waals surface area contributed by atoms with E-state index < -0.39 is 11.4 Å². The van der Waals surface area contributed by atoms with Crippen LogP contribution in [0.15, 0.2) is 22.7 Å². The number of halogens is 1. The van der Waals surface area contributed by atoms with E-state index in [4.69, 9.17) is 4.74 Å². The summed E-state index contributed by atoms with van der Waals surface area (Å²) in [6.45, 7) is 1.26. The largest absolute Gasteiger partial charge is 0.496 e. The zero-order valence-electron chi connectivity index (χ0n) is 10.2. The quantitative estimate of drug-likeness (QED) is 0.893. The van der Waals surface area contributed by atoms with Crippen LogP contribution in [0.5, 0.6) is 5.75 Å².